The van der Waals surface area contributed by atoms with Crippen LogP contribution in [0.3, 0.4) is 0 Å². The summed E-state index contributed by atoms with van der Waals surface area (Å²) in [6.07, 6.45) is 5.70. The zero-order valence-electron chi connectivity index (χ0n) is 12.1. The molecule has 0 unspecified atom stereocenters. The highest BCUT2D eigenvalue weighted by Gasteiger charge is 2.33. The van der Waals surface area contributed by atoms with Crippen molar-refractivity contribution in [3.05, 3.63) is 23.7 Å². The molecule has 2 N–H and O–H groups in total. The van der Waals surface area contributed by atoms with Crippen molar-refractivity contribution in [1.82, 2.24) is 10.0 Å². The van der Waals surface area contributed by atoms with Gasteiger partial charge in [0.1, 0.15) is 12.4 Å². The maximum atomic E-state index is 6.17. The van der Waals surface area contributed by atoms with Gasteiger partial charge in [-0.3, -0.25) is 4.84 Å². The maximum Gasteiger partial charge on any atom is 0.162 e. The molecule has 106 valence electrons. The largest absolute Gasteiger partial charge is 0.397 e. The van der Waals surface area contributed by atoms with Crippen molar-refractivity contribution in [3.8, 4) is 0 Å². The molecule has 0 spiro atoms. The van der Waals surface area contributed by atoms with E-state index in [0.29, 0.717) is 12.4 Å². The van der Waals surface area contributed by atoms with Crippen LogP contribution in [-0.2, 0) is 4.84 Å². The standard InChI is InChI=1S/C14H19N5O/c1-4-5-10-11-7-18(20-3)8-19(11)14-13(17-10)12(15)9(2)6-16-14/h6-7H,4-5,8H2,1-3H3,(H2,15,16). The fourth-order valence-corrected chi connectivity index (χ4v) is 2.50. The van der Waals surface area contributed by atoms with Crippen LogP contribution >= 0.6 is 0 Å². The average molecular weight is 273 g/mol. The fraction of sp³-hybridized carbons (Fsp3) is 0.429. The lowest BCUT2D eigenvalue weighted by molar-refractivity contribution is -0.0790. The summed E-state index contributed by atoms with van der Waals surface area (Å²) in [6, 6.07) is 0. The number of aliphatic imine (C=N–C) groups is 1. The molecule has 20 heavy (non-hydrogen) atoms. The molecule has 1 aromatic heterocycles. The molecule has 0 bridgehead atoms. The van der Waals surface area contributed by atoms with Crippen LogP contribution in [0.1, 0.15) is 25.3 Å². The van der Waals surface area contributed by atoms with Crippen molar-refractivity contribution in [2.45, 2.75) is 26.7 Å². The number of nitrogens with two attached hydrogens (primary N) is 1. The number of hydrogen-bond acceptors (Lipinski definition) is 6. The predicted molar refractivity (Wildman–Crippen MR) is 79.7 cm³/mol. The van der Waals surface area contributed by atoms with Crippen molar-refractivity contribution >= 4 is 22.9 Å². The van der Waals surface area contributed by atoms with Gasteiger partial charge in [-0.2, -0.15) is 0 Å². The molecule has 3 rings (SSSR count). The van der Waals surface area contributed by atoms with E-state index in [2.05, 4.69) is 16.8 Å². The molecule has 0 amide bonds. The first-order chi connectivity index (χ1) is 9.65. The van der Waals surface area contributed by atoms with E-state index in [0.717, 1.165) is 41.3 Å². The zero-order chi connectivity index (χ0) is 14.3. The molecule has 0 aromatic carbocycles. The van der Waals surface area contributed by atoms with Gasteiger partial charge in [-0.15, -0.1) is 0 Å². The first-order valence-corrected chi connectivity index (χ1v) is 6.78. The number of anilines is 2. The van der Waals surface area contributed by atoms with E-state index in [9.17, 15) is 0 Å². The molecule has 6 heteroatoms. The second-order valence-electron chi connectivity index (χ2n) is 5.02. The van der Waals surface area contributed by atoms with Crippen molar-refractivity contribution in [1.29, 1.82) is 0 Å². The van der Waals surface area contributed by atoms with E-state index in [1.807, 2.05) is 13.1 Å². The van der Waals surface area contributed by atoms with Crippen LogP contribution < -0.4 is 10.6 Å². The summed E-state index contributed by atoms with van der Waals surface area (Å²) in [5.41, 5.74) is 10.7. The van der Waals surface area contributed by atoms with Gasteiger partial charge in [-0.25, -0.2) is 15.0 Å². The molecule has 0 atom stereocenters. The Bertz CT molecular complexity index is 608. The second-order valence-corrected chi connectivity index (χ2v) is 5.02. The van der Waals surface area contributed by atoms with Crippen molar-refractivity contribution in [2.24, 2.45) is 4.99 Å². The van der Waals surface area contributed by atoms with Gasteiger partial charge in [0.15, 0.2) is 5.82 Å². The third-order valence-electron chi connectivity index (χ3n) is 3.63. The molecule has 0 radical (unpaired) electrons. The number of aryl methyl sites for hydroxylation is 1. The summed E-state index contributed by atoms with van der Waals surface area (Å²) in [5.74, 6) is 0.804. The van der Waals surface area contributed by atoms with Crippen LogP contribution in [0.25, 0.3) is 0 Å². The van der Waals surface area contributed by atoms with E-state index in [1.54, 1.807) is 18.4 Å². The first kappa shape index (κ1) is 12.9. The lowest BCUT2D eigenvalue weighted by atomic mass is 10.1. The Labute approximate surface area is 118 Å². The number of rotatable bonds is 3. The second kappa shape index (κ2) is 4.79. The minimum Gasteiger partial charge on any atom is -0.397 e. The third kappa shape index (κ3) is 1.84. The number of fused-ring (bicyclic) bond motifs is 3. The van der Waals surface area contributed by atoms with Crippen LogP contribution in [-0.4, -0.2) is 29.5 Å². The minimum absolute atomic E-state index is 0.608. The molecule has 0 aliphatic carbocycles. The van der Waals surface area contributed by atoms with Gasteiger partial charge in [0.2, 0.25) is 0 Å². The molecule has 2 aliphatic heterocycles. The highest BCUT2D eigenvalue weighted by molar-refractivity contribution is 6.09. The van der Waals surface area contributed by atoms with E-state index in [4.69, 9.17) is 15.6 Å². The predicted octanol–water partition coefficient (Wildman–Crippen LogP) is 2.34. The van der Waals surface area contributed by atoms with Gasteiger partial charge in [-0.1, -0.05) is 13.3 Å². The van der Waals surface area contributed by atoms with Crippen LogP contribution in [0.4, 0.5) is 17.2 Å². The highest BCUT2D eigenvalue weighted by Crippen LogP contribution is 2.42. The molecule has 0 saturated carbocycles. The molecular weight excluding hydrogens is 254 g/mol. The summed E-state index contributed by atoms with van der Waals surface area (Å²) in [7, 11) is 1.66. The van der Waals surface area contributed by atoms with Gasteiger partial charge in [0.05, 0.1) is 30.4 Å². The Hall–Kier alpha value is -2.08. The normalized spacial score (nSPS) is 16.8. The Balaban J connectivity index is 2.14. The number of allylic oxidation sites excluding steroid dienone is 1. The number of hydroxylamine groups is 2. The SMILES string of the molecule is CCCC1=Nc2c(ncc(C)c2N)N2CN(OC)C=C12. The molecular formula is C14H19N5O. The Kier molecular flexibility index (Phi) is 3.10. The zero-order valence-corrected chi connectivity index (χ0v) is 12.1. The van der Waals surface area contributed by atoms with E-state index in [1.165, 1.54) is 0 Å². The number of nitrogens with zero attached hydrogens (tertiary/aromatic N) is 4. The summed E-state index contributed by atoms with van der Waals surface area (Å²) < 4.78 is 0. The molecule has 3 heterocycles. The average Bonchev–Trinajstić information content (AvgIpc) is 2.88. The molecule has 1 aromatic rings. The van der Waals surface area contributed by atoms with Crippen LogP contribution in [0.2, 0.25) is 0 Å². The monoisotopic (exact) mass is 273 g/mol. The molecule has 0 fully saturated rings. The smallest absolute Gasteiger partial charge is 0.162 e. The summed E-state index contributed by atoms with van der Waals surface area (Å²) in [6.45, 7) is 4.70. The number of hydrogen-bond donors (Lipinski definition) is 1. The summed E-state index contributed by atoms with van der Waals surface area (Å²) in [4.78, 5) is 16.6. The third-order valence-corrected chi connectivity index (χ3v) is 3.63. The van der Waals surface area contributed by atoms with Crippen molar-refractivity contribution < 1.29 is 4.84 Å². The number of pyridine rings is 1. The van der Waals surface area contributed by atoms with Gasteiger partial charge in [0, 0.05) is 6.20 Å². The summed E-state index contributed by atoms with van der Waals surface area (Å²) in [5, 5.41) is 1.77. The topological polar surface area (TPSA) is 67.0 Å². The van der Waals surface area contributed by atoms with E-state index < -0.39 is 0 Å². The van der Waals surface area contributed by atoms with E-state index >= 15 is 0 Å². The maximum absolute atomic E-state index is 6.17. The lowest BCUT2D eigenvalue weighted by Crippen LogP contribution is -2.31. The van der Waals surface area contributed by atoms with Crippen LogP contribution in [0.5, 0.6) is 0 Å². The van der Waals surface area contributed by atoms with Gasteiger partial charge < -0.3 is 10.6 Å². The number of aromatic nitrogens is 1. The molecule has 6 nitrogen and oxygen atoms in total. The molecule has 0 saturated heterocycles. The van der Waals surface area contributed by atoms with Crippen LogP contribution in [0, 0.1) is 6.92 Å². The van der Waals surface area contributed by atoms with Crippen molar-refractivity contribution in [2.75, 3.05) is 24.4 Å². The summed E-state index contributed by atoms with van der Waals surface area (Å²) >= 11 is 0. The Morgan fingerprint density at radius 2 is 2.25 bits per heavy atom. The van der Waals surface area contributed by atoms with Gasteiger partial charge >= 0.3 is 0 Å². The molecule has 2 aliphatic rings. The quantitative estimate of drug-likeness (QED) is 0.915. The van der Waals surface area contributed by atoms with E-state index in [-0.39, 0.29) is 0 Å². The minimum atomic E-state index is 0.608. The number of nitrogen functional groups attached to an aromatic ring is 1. The first-order valence-electron chi connectivity index (χ1n) is 6.78. The Morgan fingerprint density at radius 1 is 1.45 bits per heavy atom. The Morgan fingerprint density at radius 3 is 2.95 bits per heavy atom. The van der Waals surface area contributed by atoms with Crippen molar-refractivity contribution in [3.63, 3.8) is 0 Å². The van der Waals surface area contributed by atoms with Gasteiger partial charge in [-0.05, 0) is 18.9 Å². The van der Waals surface area contributed by atoms with Crippen LogP contribution in [0.15, 0.2) is 23.1 Å². The highest BCUT2D eigenvalue weighted by atomic mass is 16.7. The lowest BCUT2D eigenvalue weighted by Gasteiger charge is -2.28. The van der Waals surface area contributed by atoms with Gasteiger partial charge in [0.25, 0.3) is 0 Å². The fourth-order valence-electron chi connectivity index (χ4n) is 2.50.